The van der Waals surface area contributed by atoms with E-state index in [0.29, 0.717) is 39.2 Å². The quantitative estimate of drug-likeness (QED) is 0.314. The molecule has 1 aliphatic heterocycles. The summed E-state index contributed by atoms with van der Waals surface area (Å²) in [7, 11) is 1.61. The zero-order valence-electron chi connectivity index (χ0n) is 11.9. The van der Waals surface area contributed by atoms with Gasteiger partial charge in [-0.25, -0.2) is 0 Å². The number of methoxy groups -OCH3 is 1. The van der Waals surface area contributed by atoms with Gasteiger partial charge in [-0.1, -0.05) is 5.16 Å². The molecule has 1 aliphatic carbocycles. The van der Waals surface area contributed by atoms with Gasteiger partial charge < -0.3 is 25.3 Å². The number of carbonyl (C=O) groups excluding carboxylic acids is 1. The Labute approximate surface area is 118 Å². The normalized spacial score (nSPS) is 22.6. The fraction of sp³-hybridized carbons (Fsp3) is 0.846. The van der Waals surface area contributed by atoms with E-state index in [-0.39, 0.29) is 17.8 Å². The molecule has 0 radical (unpaired) electrons. The number of rotatable bonds is 6. The highest BCUT2D eigenvalue weighted by molar-refractivity contribution is 6.07. The van der Waals surface area contributed by atoms with Crippen LogP contribution in [0.3, 0.4) is 0 Å². The molecule has 0 atom stereocenters. The van der Waals surface area contributed by atoms with Gasteiger partial charge in [-0.05, 0) is 25.7 Å². The number of ether oxygens (including phenoxy) is 2. The van der Waals surface area contributed by atoms with Crippen molar-refractivity contribution in [3.63, 3.8) is 0 Å². The number of nitrogens with zero attached hydrogens (tertiary/aromatic N) is 2. The molecule has 7 heteroatoms. The van der Waals surface area contributed by atoms with Crippen LogP contribution >= 0.6 is 0 Å². The van der Waals surface area contributed by atoms with Crippen molar-refractivity contribution in [2.24, 2.45) is 16.3 Å². The maximum Gasteiger partial charge on any atom is 0.237 e. The van der Waals surface area contributed by atoms with Crippen molar-refractivity contribution < 1.29 is 19.5 Å². The summed E-state index contributed by atoms with van der Waals surface area (Å²) in [6.07, 6.45) is 2.94. The van der Waals surface area contributed by atoms with Crippen LogP contribution in [0, 0.1) is 5.41 Å². The van der Waals surface area contributed by atoms with E-state index in [0.717, 1.165) is 12.8 Å². The highest BCUT2D eigenvalue weighted by Gasteiger charge is 2.49. The van der Waals surface area contributed by atoms with E-state index < -0.39 is 5.41 Å². The zero-order chi connectivity index (χ0) is 14.6. The Morgan fingerprint density at radius 3 is 2.65 bits per heavy atom. The Balaban J connectivity index is 2.19. The number of hydrogen-bond donors (Lipinski definition) is 2. The first-order chi connectivity index (χ1) is 9.65. The summed E-state index contributed by atoms with van der Waals surface area (Å²) in [4.78, 5) is 14.8. The molecule has 0 aromatic rings. The maximum absolute atomic E-state index is 13.0. The van der Waals surface area contributed by atoms with Gasteiger partial charge in [0, 0.05) is 32.9 Å². The second kappa shape index (κ2) is 6.41. The van der Waals surface area contributed by atoms with Crippen LogP contribution in [0.1, 0.15) is 25.7 Å². The maximum atomic E-state index is 13.0. The van der Waals surface area contributed by atoms with Crippen molar-refractivity contribution >= 4 is 11.7 Å². The summed E-state index contributed by atoms with van der Waals surface area (Å²) in [5.74, 6) is -0.0653. The molecule has 114 valence electrons. The third-order valence-corrected chi connectivity index (χ3v) is 4.14. The van der Waals surface area contributed by atoms with Gasteiger partial charge in [0.2, 0.25) is 5.91 Å². The van der Waals surface area contributed by atoms with Crippen LogP contribution in [0.15, 0.2) is 5.16 Å². The summed E-state index contributed by atoms with van der Waals surface area (Å²) in [5, 5.41) is 12.1. The molecule has 1 saturated carbocycles. The summed E-state index contributed by atoms with van der Waals surface area (Å²) in [6.45, 7) is 1.93. The Kier molecular flexibility index (Phi) is 4.82. The number of oxime groups is 1. The van der Waals surface area contributed by atoms with Gasteiger partial charge in [-0.15, -0.1) is 0 Å². The molecule has 0 bridgehead atoms. The van der Waals surface area contributed by atoms with Crippen LogP contribution in [0.4, 0.5) is 0 Å². The third kappa shape index (κ3) is 2.88. The molecular weight excluding hydrogens is 262 g/mol. The molecule has 2 rings (SSSR count). The molecular formula is C13H23N3O4. The fourth-order valence-corrected chi connectivity index (χ4v) is 2.70. The van der Waals surface area contributed by atoms with Gasteiger partial charge in [-0.3, -0.25) is 4.79 Å². The van der Waals surface area contributed by atoms with E-state index in [1.165, 1.54) is 0 Å². The average molecular weight is 285 g/mol. The predicted molar refractivity (Wildman–Crippen MR) is 72.5 cm³/mol. The van der Waals surface area contributed by atoms with Gasteiger partial charge in [-0.2, -0.15) is 0 Å². The smallest absolute Gasteiger partial charge is 0.237 e. The van der Waals surface area contributed by atoms with E-state index in [1.807, 2.05) is 4.90 Å². The monoisotopic (exact) mass is 285 g/mol. The molecule has 0 spiro atoms. The van der Waals surface area contributed by atoms with E-state index >= 15 is 0 Å². The zero-order valence-corrected chi connectivity index (χ0v) is 11.9. The minimum absolute atomic E-state index is 0.00568. The molecule has 3 N–H and O–H groups in total. The van der Waals surface area contributed by atoms with Gasteiger partial charge in [0.1, 0.15) is 5.41 Å². The first-order valence-electron chi connectivity index (χ1n) is 7.01. The van der Waals surface area contributed by atoms with Gasteiger partial charge in [0.25, 0.3) is 0 Å². The largest absolute Gasteiger partial charge is 0.409 e. The van der Waals surface area contributed by atoms with Crippen LogP contribution in [0.2, 0.25) is 0 Å². The Hall–Kier alpha value is -1.34. The Morgan fingerprint density at radius 2 is 2.15 bits per heavy atom. The second-order valence-corrected chi connectivity index (χ2v) is 5.40. The molecule has 0 aromatic carbocycles. The van der Waals surface area contributed by atoms with Gasteiger partial charge in [0.05, 0.1) is 6.61 Å². The van der Waals surface area contributed by atoms with Crippen LogP contribution in [0.25, 0.3) is 0 Å². The van der Waals surface area contributed by atoms with Crippen molar-refractivity contribution in [3.05, 3.63) is 0 Å². The highest BCUT2D eigenvalue weighted by atomic mass is 16.5. The Morgan fingerprint density at radius 1 is 1.50 bits per heavy atom. The molecule has 0 aromatic heterocycles. The lowest BCUT2D eigenvalue weighted by Crippen LogP contribution is -2.55. The van der Waals surface area contributed by atoms with Crippen LogP contribution in [-0.4, -0.2) is 61.4 Å². The lowest BCUT2D eigenvalue weighted by Gasteiger charge is -2.38. The fourth-order valence-electron chi connectivity index (χ4n) is 2.70. The van der Waals surface area contributed by atoms with Crippen molar-refractivity contribution in [1.29, 1.82) is 0 Å². The lowest BCUT2D eigenvalue weighted by molar-refractivity contribution is -0.144. The van der Waals surface area contributed by atoms with E-state index in [4.69, 9.17) is 20.4 Å². The summed E-state index contributed by atoms with van der Waals surface area (Å²) < 4.78 is 10.4. The standard InChI is InChI=1S/C13H23N3O4/c1-19-9-6-16(10-2-3-10)12(17)13(11(14)15-18)4-7-20-8-5-13/h10,18H,2-9H2,1H3,(H2,14,15). The van der Waals surface area contributed by atoms with Crippen molar-refractivity contribution in [2.45, 2.75) is 31.7 Å². The van der Waals surface area contributed by atoms with Crippen molar-refractivity contribution in [1.82, 2.24) is 4.90 Å². The van der Waals surface area contributed by atoms with E-state index in [2.05, 4.69) is 5.16 Å². The summed E-state index contributed by atoms with van der Waals surface area (Å²) in [6, 6.07) is 0.267. The SMILES string of the molecule is COCCN(C(=O)C1(C(N)=NO)CCOCC1)C1CC1. The molecule has 7 nitrogen and oxygen atoms in total. The number of nitrogens with two attached hydrogens (primary N) is 1. The number of hydrogen-bond acceptors (Lipinski definition) is 5. The molecule has 1 heterocycles. The van der Waals surface area contributed by atoms with Gasteiger partial charge >= 0.3 is 0 Å². The molecule has 1 saturated heterocycles. The highest BCUT2D eigenvalue weighted by Crippen LogP contribution is 2.37. The third-order valence-electron chi connectivity index (χ3n) is 4.14. The van der Waals surface area contributed by atoms with Crippen LogP contribution < -0.4 is 5.73 Å². The molecule has 20 heavy (non-hydrogen) atoms. The first kappa shape index (κ1) is 15.1. The second-order valence-electron chi connectivity index (χ2n) is 5.40. The average Bonchev–Trinajstić information content (AvgIpc) is 3.32. The topological polar surface area (TPSA) is 97.4 Å². The number of amidine groups is 1. The van der Waals surface area contributed by atoms with Gasteiger partial charge in [0.15, 0.2) is 5.84 Å². The summed E-state index contributed by atoms with van der Waals surface area (Å²) >= 11 is 0. The Bertz CT molecular complexity index is 376. The lowest BCUT2D eigenvalue weighted by atomic mass is 9.77. The number of amides is 1. The predicted octanol–water partition coefficient (Wildman–Crippen LogP) is 0.167. The molecule has 1 amide bonds. The van der Waals surface area contributed by atoms with Crippen molar-refractivity contribution in [3.8, 4) is 0 Å². The number of carbonyl (C=O) groups is 1. The van der Waals surface area contributed by atoms with E-state index in [9.17, 15) is 4.79 Å². The summed E-state index contributed by atoms with van der Waals surface area (Å²) in [5.41, 5.74) is 4.91. The molecule has 2 fully saturated rings. The minimum atomic E-state index is -0.927. The van der Waals surface area contributed by atoms with Crippen LogP contribution in [-0.2, 0) is 14.3 Å². The van der Waals surface area contributed by atoms with Crippen molar-refractivity contribution in [2.75, 3.05) is 33.5 Å². The van der Waals surface area contributed by atoms with E-state index in [1.54, 1.807) is 7.11 Å². The van der Waals surface area contributed by atoms with Crippen LogP contribution in [0.5, 0.6) is 0 Å². The molecule has 0 unspecified atom stereocenters. The first-order valence-corrected chi connectivity index (χ1v) is 7.01. The minimum Gasteiger partial charge on any atom is -0.409 e. The molecule has 2 aliphatic rings.